The fourth-order valence-corrected chi connectivity index (χ4v) is 2.87. The largest absolute Gasteiger partial charge is 0.299 e. The minimum Gasteiger partial charge on any atom is -0.299 e. The Morgan fingerprint density at radius 1 is 1.33 bits per heavy atom. The summed E-state index contributed by atoms with van der Waals surface area (Å²) >= 11 is 1.74. The van der Waals surface area contributed by atoms with E-state index in [1.54, 1.807) is 11.3 Å². The van der Waals surface area contributed by atoms with E-state index in [0.717, 1.165) is 12.8 Å². The Bertz CT molecular complexity index is 508. The van der Waals surface area contributed by atoms with Gasteiger partial charge in [0.15, 0.2) is 0 Å². The SMILES string of the molecule is O=C(Cc1csc2ccccc12)C1CC1. The fraction of sp³-hybridized carbons (Fsp3) is 0.308. The molecule has 0 spiro atoms. The van der Waals surface area contributed by atoms with Crippen LogP contribution in [0.3, 0.4) is 0 Å². The molecular formula is C13H12OS. The number of hydrogen-bond acceptors (Lipinski definition) is 2. The summed E-state index contributed by atoms with van der Waals surface area (Å²) in [6.07, 6.45) is 2.86. The van der Waals surface area contributed by atoms with E-state index in [9.17, 15) is 4.79 Å². The van der Waals surface area contributed by atoms with Crippen molar-refractivity contribution in [2.45, 2.75) is 19.3 Å². The summed E-state index contributed by atoms with van der Waals surface area (Å²) in [6.45, 7) is 0. The van der Waals surface area contributed by atoms with Gasteiger partial charge in [0.25, 0.3) is 0 Å². The summed E-state index contributed by atoms with van der Waals surface area (Å²) in [4.78, 5) is 11.7. The van der Waals surface area contributed by atoms with E-state index >= 15 is 0 Å². The summed E-state index contributed by atoms with van der Waals surface area (Å²) in [6, 6.07) is 8.32. The van der Waals surface area contributed by atoms with Crippen LogP contribution in [0.25, 0.3) is 10.1 Å². The molecule has 0 bridgehead atoms. The van der Waals surface area contributed by atoms with Crippen molar-refractivity contribution in [3.05, 3.63) is 35.2 Å². The van der Waals surface area contributed by atoms with Gasteiger partial charge in [0, 0.05) is 17.0 Å². The highest BCUT2D eigenvalue weighted by Crippen LogP contribution is 2.33. The molecule has 1 fully saturated rings. The molecule has 0 radical (unpaired) electrons. The quantitative estimate of drug-likeness (QED) is 0.768. The van der Waals surface area contributed by atoms with Crippen LogP contribution in [0.1, 0.15) is 18.4 Å². The molecule has 3 rings (SSSR count). The van der Waals surface area contributed by atoms with Crippen molar-refractivity contribution >= 4 is 27.2 Å². The number of carbonyl (C=O) groups excluding carboxylic acids is 1. The average Bonchev–Trinajstić information content (AvgIpc) is 3.03. The first kappa shape index (κ1) is 9.10. The van der Waals surface area contributed by atoms with E-state index in [4.69, 9.17) is 0 Å². The first-order chi connectivity index (χ1) is 7.34. The Labute approximate surface area is 92.7 Å². The van der Waals surface area contributed by atoms with Gasteiger partial charge in [0.05, 0.1) is 0 Å². The van der Waals surface area contributed by atoms with Gasteiger partial charge in [0.1, 0.15) is 5.78 Å². The highest BCUT2D eigenvalue weighted by Gasteiger charge is 2.29. The zero-order valence-electron chi connectivity index (χ0n) is 8.40. The molecule has 0 N–H and O–H groups in total. The topological polar surface area (TPSA) is 17.1 Å². The van der Waals surface area contributed by atoms with Crippen molar-refractivity contribution in [1.82, 2.24) is 0 Å². The second-order valence-electron chi connectivity index (χ2n) is 4.17. The standard InChI is InChI=1S/C13H12OS/c14-12(9-5-6-9)7-10-8-15-13-4-2-1-3-11(10)13/h1-4,8-9H,5-7H2. The second-order valence-corrected chi connectivity index (χ2v) is 5.09. The zero-order valence-corrected chi connectivity index (χ0v) is 9.22. The number of rotatable bonds is 3. The van der Waals surface area contributed by atoms with Gasteiger partial charge in [-0.3, -0.25) is 4.79 Å². The van der Waals surface area contributed by atoms with Crippen LogP contribution < -0.4 is 0 Å². The first-order valence-corrected chi connectivity index (χ1v) is 6.20. The van der Waals surface area contributed by atoms with Crippen LogP contribution in [-0.2, 0) is 11.2 Å². The van der Waals surface area contributed by atoms with Gasteiger partial charge in [-0.25, -0.2) is 0 Å². The lowest BCUT2D eigenvalue weighted by Crippen LogP contribution is -2.03. The molecule has 1 saturated carbocycles. The molecular weight excluding hydrogens is 204 g/mol. The first-order valence-electron chi connectivity index (χ1n) is 5.32. The van der Waals surface area contributed by atoms with E-state index in [2.05, 4.69) is 17.5 Å². The number of thiophene rings is 1. The van der Waals surface area contributed by atoms with Crippen LogP contribution in [-0.4, -0.2) is 5.78 Å². The minimum absolute atomic E-state index is 0.378. The molecule has 1 aliphatic carbocycles. The van der Waals surface area contributed by atoms with Gasteiger partial charge in [-0.05, 0) is 35.2 Å². The number of benzene rings is 1. The number of Topliss-reactive ketones (excluding diaryl/α,β-unsaturated/α-hetero) is 1. The third-order valence-corrected chi connectivity index (χ3v) is 3.97. The molecule has 15 heavy (non-hydrogen) atoms. The Hall–Kier alpha value is -1.15. The normalized spacial score (nSPS) is 15.7. The van der Waals surface area contributed by atoms with Crippen molar-refractivity contribution in [2.24, 2.45) is 5.92 Å². The van der Waals surface area contributed by atoms with Gasteiger partial charge < -0.3 is 0 Å². The summed E-state index contributed by atoms with van der Waals surface area (Å²) in [7, 11) is 0. The monoisotopic (exact) mass is 216 g/mol. The van der Waals surface area contributed by atoms with Gasteiger partial charge in [0.2, 0.25) is 0 Å². The molecule has 1 aromatic heterocycles. The number of ketones is 1. The maximum Gasteiger partial charge on any atom is 0.140 e. The van der Waals surface area contributed by atoms with Crippen LogP contribution >= 0.6 is 11.3 Å². The van der Waals surface area contributed by atoms with Crippen LogP contribution in [0.15, 0.2) is 29.6 Å². The fourth-order valence-electron chi connectivity index (χ4n) is 1.91. The predicted octanol–water partition coefficient (Wildman–Crippen LogP) is 3.42. The Morgan fingerprint density at radius 3 is 2.93 bits per heavy atom. The molecule has 1 aromatic carbocycles. The highest BCUT2D eigenvalue weighted by atomic mass is 32.1. The van der Waals surface area contributed by atoms with Crippen LogP contribution in [0, 0.1) is 5.92 Å². The molecule has 1 nitrogen and oxygen atoms in total. The lowest BCUT2D eigenvalue weighted by molar-refractivity contribution is -0.119. The van der Waals surface area contributed by atoms with Crippen LogP contribution in [0.5, 0.6) is 0 Å². The predicted molar refractivity (Wildman–Crippen MR) is 63.3 cm³/mol. The molecule has 2 aromatic rings. The van der Waals surface area contributed by atoms with E-state index < -0.39 is 0 Å². The number of hydrogen-bond donors (Lipinski definition) is 0. The summed E-state index contributed by atoms with van der Waals surface area (Å²) in [5.74, 6) is 0.808. The molecule has 1 heterocycles. The van der Waals surface area contributed by atoms with Crippen molar-refractivity contribution in [1.29, 1.82) is 0 Å². The average molecular weight is 216 g/mol. The Kier molecular flexibility index (Phi) is 2.10. The summed E-state index contributed by atoms with van der Waals surface area (Å²) in [5, 5.41) is 3.39. The summed E-state index contributed by atoms with van der Waals surface area (Å²) < 4.78 is 1.29. The van der Waals surface area contributed by atoms with Crippen molar-refractivity contribution in [2.75, 3.05) is 0 Å². The highest BCUT2D eigenvalue weighted by molar-refractivity contribution is 7.17. The van der Waals surface area contributed by atoms with Crippen molar-refractivity contribution < 1.29 is 4.79 Å². The molecule has 1 aliphatic rings. The van der Waals surface area contributed by atoms with Gasteiger partial charge in [-0.1, -0.05) is 18.2 Å². The van der Waals surface area contributed by atoms with Gasteiger partial charge in [-0.15, -0.1) is 11.3 Å². The summed E-state index contributed by atoms with van der Waals surface area (Å²) in [5.41, 5.74) is 1.22. The lowest BCUT2D eigenvalue weighted by atomic mass is 10.1. The van der Waals surface area contributed by atoms with Crippen LogP contribution in [0.2, 0.25) is 0 Å². The van der Waals surface area contributed by atoms with Crippen molar-refractivity contribution in [3.8, 4) is 0 Å². The second kappa shape index (κ2) is 3.46. The Morgan fingerprint density at radius 2 is 2.13 bits per heavy atom. The molecule has 0 saturated heterocycles. The zero-order chi connectivity index (χ0) is 10.3. The van der Waals surface area contributed by atoms with Gasteiger partial charge in [-0.2, -0.15) is 0 Å². The number of fused-ring (bicyclic) bond motifs is 1. The van der Waals surface area contributed by atoms with E-state index in [1.165, 1.54) is 15.6 Å². The minimum atomic E-state index is 0.378. The van der Waals surface area contributed by atoms with E-state index in [0.29, 0.717) is 18.1 Å². The molecule has 0 unspecified atom stereocenters. The third-order valence-electron chi connectivity index (χ3n) is 2.96. The maximum atomic E-state index is 11.7. The smallest absolute Gasteiger partial charge is 0.140 e. The molecule has 76 valence electrons. The molecule has 0 atom stereocenters. The maximum absolute atomic E-state index is 11.7. The van der Waals surface area contributed by atoms with E-state index in [1.807, 2.05) is 12.1 Å². The van der Waals surface area contributed by atoms with E-state index in [-0.39, 0.29) is 0 Å². The Balaban J connectivity index is 1.93. The third kappa shape index (κ3) is 1.70. The molecule has 0 aliphatic heterocycles. The van der Waals surface area contributed by atoms with Crippen molar-refractivity contribution in [3.63, 3.8) is 0 Å². The lowest BCUT2D eigenvalue weighted by Gasteiger charge is -1.97. The number of carbonyl (C=O) groups is 1. The molecule has 2 heteroatoms. The molecule has 0 amide bonds. The van der Waals surface area contributed by atoms with Gasteiger partial charge >= 0.3 is 0 Å². The van der Waals surface area contributed by atoms with Crippen LogP contribution in [0.4, 0.5) is 0 Å².